The van der Waals surface area contributed by atoms with Crippen molar-refractivity contribution in [1.82, 2.24) is 9.97 Å². The van der Waals surface area contributed by atoms with Gasteiger partial charge in [0.1, 0.15) is 5.82 Å². The lowest BCUT2D eigenvalue weighted by molar-refractivity contribution is 0.887. The molecule has 2 aromatic rings. The van der Waals surface area contributed by atoms with Crippen LogP contribution in [0.15, 0.2) is 36.4 Å². The zero-order chi connectivity index (χ0) is 13.0. The van der Waals surface area contributed by atoms with E-state index in [2.05, 4.69) is 34.4 Å². The fourth-order valence-electron chi connectivity index (χ4n) is 1.69. The Morgan fingerprint density at radius 2 is 1.78 bits per heavy atom. The number of nitrogens with one attached hydrogen (secondary N) is 2. The second kappa shape index (κ2) is 5.49. The van der Waals surface area contributed by atoms with E-state index in [1.165, 1.54) is 0 Å². The maximum atomic E-state index is 4.47. The van der Waals surface area contributed by atoms with Crippen LogP contribution in [0.3, 0.4) is 0 Å². The molecule has 0 radical (unpaired) electrons. The third-order valence-corrected chi connectivity index (χ3v) is 2.46. The Kier molecular flexibility index (Phi) is 3.77. The van der Waals surface area contributed by atoms with Gasteiger partial charge in [-0.2, -0.15) is 4.98 Å². The Morgan fingerprint density at radius 3 is 2.39 bits per heavy atom. The molecule has 4 heteroatoms. The Hall–Kier alpha value is -2.10. The van der Waals surface area contributed by atoms with Crippen LogP contribution in [0, 0.1) is 0 Å². The van der Waals surface area contributed by atoms with Crippen LogP contribution in [0.25, 0.3) is 11.3 Å². The van der Waals surface area contributed by atoms with Crippen molar-refractivity contribution in [3.05, 3.63) is 36.4 Å². The maximum absolute atomic E-state index is 4.47. The van der Waals surface area contributed by atoms with Crippen molar-refractivity contribution in [2.75, 3.05) is 17.7 Å². The summed E-state index contributed by atoms with van der Waals surface area (Å²) >= 11 is 0. The van der Waals surface area contributed by atoms with E-state index in [-0.39, 0.29) is 0 Å². The Bertz CT molecular complexity index is 508. The summed E-state index contributed by atoms with van der Waals surface area (Å²) in [6, 6.07) is 12.4. The molecule has 0 amide bonds. The molecule has 0 spiro atoms. The number of rotatable bonds is 4. The lowest BCUT2D eigenvalue weighted by Crippen LogP contribution is -2.12. The lowest BCUT2D eigenvalue weighted by Gasteiger charge is -2.12. The van der Waals surface area contributed by atoms with Crippen molar-refractivity contribution < 1.29 is 0 Å². The van der Waals surface area contributed by atoms with Gasteiger partial charge in [0.05, 0.1) is 5.69 Å². The fourth-order valence-corrected chi connectivity index (χ4v) is 1.69. The molecule has 0 bridgehead atoms. The van der Waals surface area contributed by atoms with Crippen LogP contribution in [0.1, 0.15) is 13.8 Å². The highest BCUT2D eigenvalue weighted by Gasteiger charge is 2.06. The first-order valence-electron chi connectivity index (χ1n) is 6.08. The van der Waals surface area contributed by atoms with Gasteiger partial charge in [0, 0.05) is 24.7 Å². The molecule has 0 atom stereocenters. The van der Waals surface area contributed by atoms with Crippen molar-refractivity contribution in [3.8, 4) is 11.3 Å². The van der Waals surface area contributed by atoms with Gasteiger partial charge in [-0.15, -0.1) is 0 Å². The summed E-state index contributed by atoms with van der Waals surface area (Å²) in [5.41, 5.74) is 2.00. The summed E-state index contributed by atoms with van der Waals surface area (Å²) in [6.45, 7) is 4.17. The van der Waals surface area contributed by atoms with Gasteiger partial charge in [-0.25, -0.2) is 4.98 Å². The van der Waals surface area contributed by atoms with E-state index in [1.54, 1.807) is 0 Å². The van der Waals surface area contributed by atoms with Crippen molar-refractivity contribution in [3.63, 3.8) is 0 Å². The van der Waals surface area contributed by atoms with E-state index >= 15 is 0 Å². The van der Waals surface area contributed by atoms with Crippen LogP contribution in [-0.2, 0) is 0 Å². The number of aromatic nitrogens is 2. The smallest absolute Gasteiger partial charge is 0.224 e. The average Bonchev–Trinajstić information content (AvgIpc) is 2.38. The van der Waals surface area contributed by atoms with Gasteiger partial charge in [0.25, 0.3) is 0 Å². The first-order chi connectivity index (χ1) is 8.69. The summed E-state index contributed by atoms with van der Waals surface area (Å²) < 4.78 is 0. The summed E-state index contributed by atoms with van der Waals surface area (Å²) in [5, 5.41) is 6.29. The van der Waals surface area contributed by atoms with Crippen molar-refractivity contribution in [1.29, 1.82) is 0 Å². The van der Waals surface area contributed by atoms with Gasteiger partial charge in [-0.05, 0) is 13.8 Å². The van der Waals surface area contributed by atoms with Gasteiger partial charge < -0.3 is 10.6 Å². The lowest BCUT2D eigenvalue weighted by atomic mass is 10.1. The standard InChI is InChI=1S/C14H18N4/c1-10(2)16-13-9-12(17-14(15-3)18-13)11-7-5-4-6-8-11/h4-10H,1-3H3,(H2,15,16,17,18). The summed E-state index contributed by atoms with van der Waals surface area (Å²) in [4.78, 5) is 8.85. The minimum absolute atomic E-state index is 0.341. The molecule has 2 rings (SSSR count). The third-order valence-electron chi connectivity index (χ3n) is 2.46. The third kappa shape index (κ3) is 2.97. The minimum Gasteiger partial charge on any atom is -0.368 e. The van der Waals surface area contributed by atoms with Crippen molar-refractivity contribution in [2.45, 2.75) is 19.9 Å². The van der Waals surface area contributed by atoms with Crippen LogP contribution in [0.5, 0.6) is 0 Å². The molecule has 0 aliphatic rings. The second-order valence-electron chi connectivity index (χ2n) is 4.38. The van der Waals surface area contributed by atoms with Gasteiger partial charge in [0.15, 0.2) is 0 Å². The molecule has 4 nitrogen and oxygen atoms in total. The SMILES string of the molecule is CNc1nc(NC(C)C)cc(-c2ccccc2)n1. The molecule has 0 aliphatic heterocycles. The number of hydrogen-bond donors (Lipinski definition) is 2. The van der Waals surface area contributed by atoms with E-state index in [4.69, 9.17) is 0 Å². The predicted molar refractivity (Wildman–Crippen MR) is 75.8 cm³/mol. The monoisotopic (exact) mass is 242 g/mol. The fraction of sp³-hybridized carbons (Fsp3) is 0.286. The van der Waals surface area contributed by atoms with Gasteiger partial charge >= 0.3 is 0 Å². The molecule has 1 aromatic carbocycles. The molecule has 2 N–H and O–H groups in total. The summed E-state index contributed by atoms with van der Waals surface area (Å²) in [6.07, 6.45) is 0. The maximum Gasteiger partial charge on any atom is 0.224 e. The average molecular weight is 242 g/mol. The number of hydrogen-bond acceptors (Lipinski definition) is 4. The molecule has 0 fully saturated rings. The first kappa shape index (κ1) is 12.4. The molecule has 0 aliphatic carbocycles. The molecular weight excluding hydrogens is 224 g/mol. The zero-order valence-electron chi connectivity index (χ0n) is 10.9. The van der Waals surface area contributed by atoms with E-state index in [1.807, 2.05) is 43.4 Å². The van der Waals surface area contributed by atoms with Crippen LogP contribution >= 0.6 is 0 Å². The van der Waals surface area contributed by atoms with Gasteiger partial charge in [0.2, 0.25) is 5.95 Å². The molecule has 0 saturated carbocycles. The largest absolute Gasteiger partial charge is 0.368 e. The number of nitrogens with zero attached hydrogens (tertiary/aromatic N) is 2. The highest BCUT2D eigenvalue weighted by molar-refractivity contribution is 5.64. The number of benzene rings is 1. The van der Waals surface area contributed by atoms with E-state index in [0.717, 1.165) is 17.1 Å². The first-order valence-corrected chi connectivity index (χ1v) is 6.08. The van der Waals surface area contributed by atoms with E-state index in [0.29, 0.717) is 12.0 Å². The van der Waals surface area contributed by atoms with E-state index < -0.39 is 0 Å². The number of anilines is 2. The molecule has 0 unspecified atom stereocenters. The summed E-state index contributed by atoms with van der Waals surface area (Å²) in [5.74, 6) is 1.46. The van der Waals surface area contributed by atoms with Crippen LogP contribution in [0.2, 0.25) is 0 Å². The molecule has 1 heterocycles. The van der Waals surface area contributed by atoms with Crippen LogP contribution in [-0.4, -0.2) is 23.1 Å². The van der Waals surface area contributed by atoms with Crippen LogP contribution in [0.4, 0.5) is 11.8 Å². The molecule has 1 aromatic heterocycles. The quantitative estimate of drug-likeness (QED) is 0.865. The zero-order valence-corrected chi connectivity index (χ0v) is 10.9. The molecular formula is C14H18N4. The Balaban J connectivity index is 2.41. The van der Waals surface area contributed by atoms with Gasteiger partial charge in [-0.1, -0.05) is 30.3 Å². The topological polar surface area (TPSA) is 49.8 Å². The summed E-state index contributed by atoms with van der Waals surface area (Å²) in [7, 11) is 1.82. The van der Waals surface area contributed by atoms with Gasteiger partial charge in [-0.3, -0.25) is 0 Å². The second-order valence-corrected chi connectivity index (χ2v) is 4.38. The van der Waals surface area contributed by atoms with Crippen molar-refractivity contribution in [2.24, 2.45) is 0 Å². The predicted octanol–water partition coefficient (Wildman–Crippen LogP) is 3.01. The highest BCUT2D eigenvalue weighted by atomic mass is 15.1. The Labute approximate surface area is 107 Å². The molecule has 18 heavy (non-hydrogen) atoms. The van der Waals surface area contributed by atoms with E-state index in [9.17, 15) is 0 Å². The van der Waals surface area contributed by atoms with Crippen LogP contribution < -0.4 is 10.6 Å². The normalized spacial score (nSPS) is 10.4. The van der Waals surface area contributed by atoms with Crippen molar-refractivity contribution >= 4 is 11.8 Å². The molecule has 0 saturated heterocycles. The molecule has 94 valence electrons. The minimum atomic E-state index is 0.341. The highest BCUT2D eigenvalue weighted by Crippen LogP contribution is 2.21. The Morgan fingerprint density at radius 1 is 1.06 bits per heavy atom.